The Morgan fingerprint density at radius 1 is 1.28 bits per heavy atom. The third-order valence-corrected chi connectivity index (χ3v) is 4.04. The smallest absolute Gasteiger partial charge is 0.155 e. The first kappa shape index (κ1) is 11.8. The molecule has 0 atom stereocenters. The molecule has 0 unspecified atom stereocenters. The van der Waals surface area contributed by atoms with Crippen molar-refractivity contribution in [3.8, 4) is 0 Å². The summed E-state index contributed by atoms with van der Waals surface area (Å²) in [5.41, 5.74) is 1.03. The molecule has 3 nitrogen and oxygen atoms in total. The first-order valence-electron chi connectivity index (χ1n) is 6.70. The highest BCUT2D eigenvalue weighted by Crippen LogP contribution is 2.27. The van der Waals surface area contributed by atoms with Crippen molar-refractivity contribution in [2.24, 2.45) is 5.92 Å². The van der Waals surface area contributed by atoms with Crippen molar-refractivity contribution >= 4 is 28.3 Å². The SMILES string of the molecule is Clc1ccc2[nH]nc(NCC3CCCCC3)c2c1. The van der Waals surface area contributed by atoms with Crippen molar-refractivity contribution in [2.45, 2.75) is 32.1 Å². The molecule has 18 heavy (non-hydrogen) atoms. The van der Waals surface area contributed by atoms with Crippen LogP contribution in [0, 0.1) is 5.92 Å². The lowest BCUT2D eigenvalue weighted by Gasteiger charge is -2.21. The minimum absolute atomic E-state index is 0.754. The molecule has 0 radical (unpaired) electrons. The minimum Gasteiger partial charge on any atom is -0.368 e. The summed E-state index contributed by atoms with van der Waals surface area (Å²) in [4.78, 5) is 0. The van der Waals surface area contributed by atoms with Crippen molar-refractivity contribution in [2.75, 3.05) is 11.9 Å². The quantitative estimate of drug-likeness (QED) is 0.871. The average Bonchev–Trinajstić information content (AvgIpc) is 2.80. The molecular weight excluding hydrogens is 246 g/mol. The normalized spacial score (nSPS) is 17.2. The van der Waals surface area contributed by atoms with Crippen LogP contribution in [0.15, 0.2) is 18.2 Å². The van der Waals surface area contributed by atoms with E-state index < -0.39 is 0 Å². The van der Waals surface area contributed by atoms with E-state index in [9.17, 15) is 0 Å². The van der Waals surface area contributed by atoms with Crippen LogP contribution in [0.3, 0.4) is 0 Å². The van der Waals surface area contributed by atoms with E-state index in [0.717, 1.165) is 34.2 Å². The van der Waals surface area contributed by atoms with Gasteiger partial charge in [0.05, 0.1) is 5.52 Å². The maximum Gasteiger partial charge on any atom is 0.155 e. The fourth-order valence-corrected chi connectivity index (χ4v) is 2.93. The summed E-state index contributed by atoms with van der Waals surface area (Å²) in [6.07, 6.45) is 6.84. The highest BCUT2D eigenvalue weighted by atomic mass is 35.5. The summed E-state index contributed by atoms with van der Waals surface area (Å²) in [6.45, 7) is 1.02. The number of rotatable bonds is 3. The van der Waals surface area contributed by atoms with Crippen LogP contribution in [0.25, 0.3) is 10.9 Å². The maximum atomic E-state index is 6.03. The molecule has 1 aliphatic rings. The van der Waals surface area contributed by atoms with Gasteiger partial charge in [0.2, 0.25) is 0 Å². The van der Waals surface area contributed by atoms with Gasteiger partial charge in [-0.2, -0.15) is 5.10 Å². The Kier molecular flexibility index (Phi) is 3.41. The van der Waals surface area contributed by atoms with Crippen molar-refractivity contribution in [3.63, 3.8) is 0 Å². The molecular formula is C14H18ClN3. The van der Waals surface area contributed by atoms with Gasteiger partial charge < -0.3 is 5.32 Å². The summed E-state index contributed by atoms with van der Waals surface area (Å²) >= 11 is 6.03. The molecule has 1 fully saturated rings. The molecule has 1 aliphatic carbocycles. The van der Waals surface area contributed by atoms with Gasteiger partial charge in [0.1, 0.15) is 0 Å². The van der Waals surface area contributed by atoms with Gasteiger partial charge in [-0.05, 0) is 37.0 Å². The van der Waals surface area contributed by atoms with E-state index in [4.69, 9.17) is 11.6 Å². The third-order valence-electron chi connectivity index (χ3n) is 3.81. The Hall–Kier alpha value is -1.22. The summed E-state index contributed by atoms with van der Waals surface area (Å²) in [5, 5.41) is 12.7. The van der Waals surface area contributed by atoms with E-state index in [0.29, 0.717) is 0 Å². The predicted molar refractivity (Wildman–Crippen MR) is 76.2 cm³/mol. The topological polar surface area (TPSA) is 40.7 Å². The molecule has 1 saturated carbocycles. The second-order valence-electron chi connectivity index (χ2n) is 5.15. The van der Waals surface area contributed by atoms with E-state index in [-0.39, 0.29) is 0 Å². The molecule has 1 heterocycles. The first-order valence-corrected chi connectivity index (χ1v) is 7.08. The fraction of sp³-hybridized carbons (Fsp3) is 0.500. The number of hydrogen-bond acceptors (Lipinski definition) is 2. The zero-order valence-corrected chi connectivity index (χ0v) is 11.1. The number of hydrogen-bond donors (Lipinski definition) is 2. The molecule has 0 aliphatic heterocycles. The van der Waals surface area contributed by atoms with Crippen LogP contribution < -0.4 is 5.32 Å². The van der Waals surface area contributed by atoms with Crippen LogP contribution in [0.5, 0.6) is 0 Å². The molecule has 0 spiro atoms. The van der Waals surface area contributed by atoms with Gasteiger partial charge in [-0.1, -0.05) is 30.9 Å². The number of H-pyrrole nitrogens is 1. The zero-order chi connectivity index (χ0) is 12.4. The Labute approximate surface area is 112 Å². The highest BCUT2D eigenvalue weighted by Gasteiger charge is 2.14. The van der Waals surface area contributed by atoms with Crippen LogP contribution in [0.1, 0.15) is 32.1 Å². The number of aromatic amines is 1. The standard InChI is InChI=1S/C14H18ClN3/c15-11-6-7-13-12(8-11)14(18-17-13)16-9-10-4-2-1-3-5-10/h6-8,10H,1-5,9H2,(H2,16,17,18). The number of fused-ring (bicyclic) bond motifs is 1. The van der Waals surface area contributed by atoms with Gasteiger partial charge >= 0.3 is 0 Å². The lowest BCUT2D eigenvalue weighted by atomic mass is 9.89. The summed E-state index contributed by atoms with van der Waals surface area (Å²) < 4.78 is 0. The number of nitrogens with zero attached hydrogens (tertiary/aromatic N) is 1. The van der Waals surface area contributed by atoms with Crippen molar-refractivity contribution in [3.05, 3.63) is 23.2 Å². The highest BCUT2D eigenvalue weighted by molar-refractivity contribution is 6.31. The lowest BCUT2D eigenvalue weighted by molar-refractivity contribution is 0.373. The molecule has 1 aromatic heterocycles. The summed E-state index contributed by atoms with van der Waals surface area (Å²) in [7, 11) is 0. The predicted octanol–water partition coefficient (Wildman–Crippen LogP) is 4.21. The van der Waals surface area contributed by atoms with E-state index in [1.807, 2.05) is 18.2 Å². The molecule has 4 heteroatoms. The second-order valence-corrected chi connectivity index (χ2v) is 5.58. The van der Waals surface area contributed by atoms with E-state index in [1.165, 1.54) is 32.1 Å². The molecule has 3 rings (SSSR count). The Bertz CT molecular complexity index is 529. The van der Waals surface area contributed by atoms with Gasteiger partial charge in [0.25, 0.3) is 0 Å². The average molecular weight is 264 g/mol. The number of benzene rings is 1. The molecule has 2 N–H and O–H groups in total. The Morgan fingerprint density at radius 3 is 2.94 bits per heavy atom. The van der Waals surface area contributed by atoms with Crippen LogP contribution in [-0.4, -0.2) is 16.7 Å². The number of nitrogens with one attached hydrogen (secondary N) is 2. The Balaban J connectivity index is 1.72. The van der Waals surface area contributed by atoms with E-state index >= 15 is 0 Å². The Morgan fingerprint density at radius 2 is 2.11 bits per heavy atom. The second kappa shape index (κ2) is 5.19. The third kappa shape index (κ3) is 2.46. The number of anilines is 1. The van der Waals surface area contributed by atoms with Crippen LogP contribution in [-0.2, 0) is 0 Å². The first-order chi connectivity index (χ1) is 8.83. The number of halogens is 1. The lowest BCUT2D eigenvalue weighted by Crippen LogP contribution is -2.17. The molecule has 0 saturated heterocycles. The number of aromatic nitrogens is 2. The molecule has 96 valence electrons. The van der Waals surface area contributed by atoms with Crippen molar-refractivity contribution in [1.29, 1.82) is 0 Å². The summed E-state index contributed by atoms with van der Waals surface area (Å²) in [6, 6.07) is 5.81. The van der Waals surface area contributed by atoms with Gasteiger partial charge in [0, 0.05) is 17.0 Å². The molecule has 1 aromatic carbocycles. The van der Waals surface area contributed by atoms with Crippen molar-refractivity contribution in [1.82, 2.24) is 10.2 Å². The van der Waals surface area contributed by atoms with Crippen LogP contribution in [0.4, 0.5) is 5.82 Å². The minimum atomic E-state index is 0.754. The van der Waals surface area contributed by atoms with Crippen LogP contribution in [0.2, 0.25) is 5.02 Å². The van der Waals surface area contributed by atoms with E-state index in [2.05, 4.69) is 15.5 Å². The van der Waals surface area contributed by atoms with Gasteiger partial charge in [-0.15, -0.1) is 0 Å². The van der Waals surface area contributed by atoms with Gasteiger partial charge in [0.15, 0.2) is 5.82 Å². The molecule has 2 aromatic rings. The van der Waals surface area contributed by atoms with Crippen molar-refractivity contribution < 1.29 is 0 Å². The fourth-order valence-electron chi connectivity index (χ4n) is 2.75. The van der Waals surface area contributed by atoms with Gasteiger partial charge in [-0.25, -0.2) is 0 Å². The zero-order valence-electron chi connectivity index (χ0n) is 10.4. The largest absolute Gasteiger partial charge is 0.368 e. The molecule has 0 amide bonds. The van der Waals surface area contributed by atoms with Gasteiger partial charge in [-0.3, -0.25) is 5.10 Å². The monoisotopic (exact) mass is 263 g/mol. The van der Waals surface area contributed by atoms with Crippen LogP contribution >= 0.6 is 11.6 Å². The summed E-state index contributed by atoms with van der Waals surface area (Å²) in [5.74, 6) is 1.72. The molecule has 0 bridgehead atoms. The maximum absolute atomic E-state index is 6.03. The van der Waals surface area contributed by atoms with E-state index in [1.54, 1.807) is 0 Å².